The summed E-state index contributed by atoms with van der Waals surface area (Å²) in [6.07, 6.45) is 1.14. The van der Waals surface area contributed by atoms with E-state index in [-0.39, 0.29) is 17.9 Å². The molecule has 13 heteroatoms. The third-order valence-corrected chi connectivity index (χ3v) is 6.46. The Morgan fingerprint density at radius 3 is 2.29 bits per heavy atom. The quantitative estimate of drug-likeness (QED) is 0.345. The van der Waals surface area contributed by atoms with Crippen LogP contribution in [0.3, 0.4) is 0 Å². The standard InChI is InChI=1S/C22H24N8O4S/c1-13-10-14(2)24-22(23-13)29-16(4)19(15(3)26-29)11-21(31)34-12-20-25-27-28-30(20)17-6-8-18(9-7-17)35(5,32)33/h6-10H,11-12H2,1-5H3. The number of aromatic nitrogens is 8. The molecule has 0 amide bonds. The maximum Gasteiger partial charge on any atom is 0.310 e. The Labute approximate surface area is 201 Å². The van der Waals surface area contributed by atoms with Gasteiger partial charge in [-0.25, -0.2) is 23.1 Å². The highest BCUT2D eigenvalue weighted by Crippen LogP contribution is 2.18. The Morgan fingerprint density at radius 2 is 1.66 bits per heavy atom. The maximum absolute atomic E-state index is 12.6. The summed E-state index contributed by atoms with van der Waals surface area (Å²) in [6.45, 7) is 7.28. The fourth-order valence-corrected chi connectivity index (χ4v) is 4.23. The lowest BCUT2D eigenvalue weighted by Gasteiger charge is -2.08. The molecule has 1 aromatic carbocycles. The van der Waals surface area contributed by atoms with Gasteiger partial charge in [0.05, 0.1) is 22.7 Å². The first-order valence-electron chi connectivity index (χ1n) is 10.6. The summed E-state index contributed by atoms with van der Waals surface area (Å²) in [5.74, 6) is 0.265. The number of esters is 1. The molecular weight excluding hydrogens is 472 g/mol. The second-order valence-corrected chi connectivity index (χ2v) is 10.1. The molecule has 12 nitrogen and oxygen atoms in total. The van der Waals surface area contributed by atoms with E-state index in [2.05, 4.69) is 30.6 Å². The van der Waals surface area contributed by atoms with Crippen molar-refractivity contribution in [1.29, 1.82) is 0 Å². The van der Waals surface area contributed by atoms with Crippen molar-refractivity contribution in [3.8, 4) is 11.6 Å². The predicted octanol–water partition coefficient (Wildman–Crippen LogP) is 1.56. The molecule has 0 aliphatic rings. The van der Waals surface area contributed by atoms with Crippen LogP contribution in [0.5, 0.6) is 0 Å². The van der Waals surface area contributed by atoms with Crippen molar-refractivity contribution in [1.82, 2.24) is 40.0 Å². The Bertz CT molecular complexity index is 1490. The van der Waals surface area contributed by atoms with Crippen LogP contribution < -0.4 is 0 Å². The van der Waals surface area contributed by atoms with Crippen LogP contribution in [0.1, 0.15) is 34.2 Å². The molecule has 3 aromatic heterocycles. The van der Waals surface area contributed by atoms with Gasteiger partial charge in [-0.3, -0.25) is 4.79 Å². The second kappa shape index (κ2) is 9.33. The van der Waals surface area contributed by atoms with Crippen molar-refractivity contribution in [2.24, 2.45) is 0 Å². The highest BCUT2D eigenvalue weighted by Gasteiger charge is 2.19. The number of hydrogen-bond acceptors (Lipinski definition) is 10. The topological polar surface area (TPSA) is 148 Å². The fraction of sp³-hybridized carbons (Fsp3) is 0.318. The van der Waals surface area contributed by atoms with E-state index in [9.17, 15) is 13.2 Å². The van der Waals surface area contributed by atoms with Crippen molar-refractivity contribution in [3.63, 3.8) is 0 Å². The summed E-state index contributed by atoms with van der Waals surface area (Å²) in [7, 11) is -3.32. The van der Waals surface area contributed by atoms with E-state index in [0.29, 0.717) is 23.2 Å². The zero-order valence-electron chi connectivity index (χ0n) is 19.9. The number of ether oxygens (including phenoxy) is 1. The molecule has 0 radical (unpaired) electrons. The normalized spacial score (nSPS) is 11.6. The molecule has 0 saturated heterocycles. The van der Waals surface area contributed by atoms with Crippen LogP contribution in [0.2, 0.25) is 0 Å². The minimum absolute atomic E-state index is 0.00703. The monoisotopic (exact) mass is 496 g/mol. The summed E-state index contributed by atoms with van der Waals surface area (Å²) in [4.78, 5) is 21.7. The molecule has 0 aliphatic carbocycles. The largest absolute Gasteiger partial charge is 0.457 e. The van der Waals surface area contributed by atoms with Crippen molar-refractivity contribution in [2.45, 2.75) is 45.6 Å². The lowest BCUT2D eigenvalue weighted by molar-refractivity contribution is -0.144. The van der Waals surface area contributed by atoms with Gasteiger partial charge in [0, 0.05) is 28.9 Å². The number of hydrogen-bond donors (Lipinski definition) is 0. The van der Waals surface area contributed by atoms with Crippen LogP contribution in [-0.2, 0) is 32.4 Å². The van der Waals surface area contributed by atoms with Crippen LogP contribution in [0.15, 0.2) is 35.2 Å². The van der Waals surface area contributed by atoms with Crippen molar-refractivity contribution in [3.05, 3.63) is 64.5 Å². The molecule has 0 N–H and O–H groups in total. The summed E-state index contributed by atoms with van der Waals surface area (Å²) in [6, 6.07) is 7.96. The average molecular weight is 497 g/mol. The molecule has 0 bridgehead atoms. The van der Waals surface area contributed by atoms with Gasteiger partial charge in [0.15, 0.2) is 22.3 Å². The zero-order chi connectivity index (χ0) is 25.3. The SMILES string of the molecule is Cc1cc(C)nc(-n2nc(C)c(CC(=O)OCc3nnnn3-c3ccc(S(C)(=O)=O)cc3)c2C)n1. The van der Waals surface area contributed by atoms with Crippen LogP contribution in [0.25, 0.3) is 11.6 Å². The number of sulfone groups is 1. The first-order valence-corrected chi connectivity index (χ1v) is 12.5. The Morgan fingerprint density at radius 1 is 1.00 bits per heavy atom. The van der Waals surface area contributed by atoms with Gasteiger partial charge in [-0.1, -0.05) is 0 Å². The van der Waals surface area contributed by atoms with Crippen LogP contribution in [-0.4, -0.2) is 60.6 Å². The number of carbonyl (C=O) groups is 1. The summed E-state index contributed by atoms with van der Waals surface area (Å²) < 4.78 is 31.8. The fourth-order valence-electron chi connectivity index (χ4n) is 3.60. The van der Waals surface area contributed by atoms with Gasteiger partial charge in [0.2, 0.25) is 0 Å². The average Bonchev–Trinajstić information content (AvgIpc) is 3.36. The number of tetrazole rings is 1. The Balaban J connectivity index is 1.47. The third kappa shape index (κ3) is 5.24. The van der Waals surface area contributed by atoms with Crippen molar-refractivity contribution < 1.29 is 17.9 Å². The molecule has 35 heavy (non-hydrogen) atoms. The second-order valence-electron chi connectivity index (χ2n) is 8.12. The molecule has 0 fully saturated rings. The molecule has 4 rings (SSSR count). The molecule has 182 valence electrons. The lowest BCUT2D eigenvalue weighted by atomic mass is 10.1. The van der Waals surface area contributed by atoms with E-state index in [1.54, 1.807) is 16.8 Å². The van der Waals surface area contributed by atoms with Gasteiger partial charge in [0.1, 0.15) is 0 Å². The third-order valence-electron chi connectivity index (χ3n) is 5.33. The summed E-state index contributed by atoms with van der Waals surface area (Å²) in [5.41, 5.74) is 4.34. The Hall–Kier alpha value is -4.00. The van der Waals surface area contributed by atoms with E-state index < -0.39 is 15.8 Å². The zero-order valence-corrected chi connectivity index (χ0v) is 20.7. The molecule has 0 saturated carbocycles. The van der Waals surface area contributed by atoms with Crippen LogP contribution >= 0.6 is 0 Å². The number of carbonyl (C=O) groups excluding carboxylic acids is 1. The van der Waals surface area contributed by atoms with Crippen LogP contribution in [0.4, 0.5) is 0 Å². The Kier molecular flexibility index (Phi) is 6.43. The van der Waals surface area contributed by atoms with Gasteiger partial charge in [0.25, 0.3) is 5.95 Å². The highest BCUT2D eigenvalue weighted by atomic mass is 32.2. The molecule has 0 aliphatic heterocycles. The first-order chi connectivity index (χ1) is 16.5. The molecule has 0 spiro atoms. The van der Waals surface area contributed by atoms with E-state index in [4.69, 9.17) is 4.74 Å². The molecule has 0 atom stereocenters. The number of benzene rings is 1. The molecule has 3 heterocycles. The van der Waals surface area contributed by atoms with Gasteiger partial charge in [-0.15, -0.1) is 5.10 Å². The minimum atomic E-state index is -3.32. The van der Waals surface area contributed by atoms with Gasteiger partial charge in [-0.05, 0) is 68.5 Å². The van der Waals surface area contributed by atoms with Crippen molar-refractivity contribution >= 4 is 15.8 Å². The smallest absolute Gasteiger partial charge is 0.310 e. The van der Waals surface area contributed by atoms with E-state index in [1.165, 1.54) is 16.8 Å². The molecular formula is C22H24N8O4S. The van der Waals surface area contributed by atoms with E-state index in [1.807, 2.05) is 33.8 Å². The van der Waals surface area contributed by atoms with Crippen molar-refractivity contribution in [2.75, 3.05) is 6.26 Å². The minimum Gasteiger partial charge on any atom is -0.457 e. The molecule has 0 unspecified atom stereocenters. The van der Waals surface area contributed by atoms with E-state index >= 15 is 0 Å². The lowest BCUT2D eigenvalue weighted by Crippen LogP contribution is -2.13. The van der Waals surface area contributed by atoms with Gasteiger partial charge in [-0.2, -0.15) is 9.78 Å². The predicted molar refractivity (Wildman–Crippen MR) is 124 cm³/mol. The van der Waals surface area contributed by atoms with Gasteiger partial charge >= 0.3 is 5.97 Å². The summed E-state index contributed by atoms with van der Waals surface area (Å²) >= 11 is 0. The number of nitrogens with zero attached hydrogens (tertiary/aromatic N) is 8. The number of rotatable bonds is 7. The van der Waals surface area contributed by atoms with Crippen LogP contribution in [0, 0.1) is 27.7 Å². The highest BCUT2D eigenvalue weighted by molar-refractivity contribution is 7.90. The maximum atomic E-state index is 12.6. The summed E-state index contributed by atoms with van der Waals surface area (Å²) in [5, 5.41) is 16.0. The van der Waals surface area contributed by atoms with Gasteiger partial charge < -0.3 is 4.74 Å². The van der Waals surface area contributed by atoms with E-state index in [0.717, 1.165) is 28.9 Å². The molecule has 4 aromatic rings. The first kappa shape index (κ1) is 24.1. The number of aryl methyl sites for hydroxylation is 3.